The van der Waals surface area contributed by atoms with E-state index in [-0.39, 0.29) is 5.91 Å². The second-order valence-corrected chi connectivity index (χ2v) is 7.42. The molecular formula is C23H20ClN3O4. The van der Waals surface area contributed by atoms with Crippen molar-refractivity contribution >= 4 is 34.3 Å². The molecular weight excluding hydrogens is 418 g/mol. The van der Waals surface area contributed by atoms with Crippen LogP contribution in [0.3, 0.4) is 0 Å². The number of hydrogen-bond acceptors (Lipinski definition) is 6. The van der Waals surface area contributed by atoms with Gasteiger partial charge in [0, 0.05) is 17.7 Å². The molecule has 4 aromatic rings. The summed E-state index contributed by atoms with van der Waals surface area (Å²) < 4.78 is 15.9. The van der Waals surface area contributed by atoms with Crippen molar-refractivity contribution in [2.45, 2.75) is 13.8 Å². The van der Waals surface area contributed by atoms with Crippen LogP contribution < -0.4 is 14.8 Å². The first-order valence-corrected chi connectivity index (χ1v) is 9.86. The highest BCUT2D eigenvalue weighted by molar-refractivity contribution is 6.34. The number of aromatic nitrogens is 2. The topological polar surface area (TPSA) is 86.5 Å². The molecule has 0 radical (unpaired) electrons. The summed E-state index contributed by atoms with van der Waals surface area (Å²) in [6.45, 7) is 3.77. The van der Waals surface area contributed by atoms with Gasteiger partial charge in [0.15, 0.2) is 11.5 Å². The number of nitrogens with one attached hydrogen (secondary N) is 1. The lowest BCUT2D eigenvalue weighted by atomic mass is 10.0. The zero-order valence-corrected chi connectivity index (χ0v) is 18.2. The van der Waals surface area contributed by atoms with E-state index in [9.17, 15) is 4.79 Å². The standard InChI is InChI=1S/C23H20ClN3O4/c1-12-5-7-14(8-6-12)17-9-15(21-13(2)27-31-23(21)26-17)22(28)25-18-11-20(30-4)19(29-3)10-16(18)24/h5-11H,1-4H3,(H,25,28). The Bertz CT molecular complexity index is 1280. The Morgan fingerprint density at radius 3 is 2.39 bits per heavy atom. The van der Waals surface area contributed by atoms with E-state index in [4.69, 9.17) is 25.6 Å². The first-order valence-electron chi connectivity index (χ1n) is 9.48. The molecule has 158 valence electrons. The maximum absolute atomic E-state index is 13.3. The Morgan fingerprint density at radius 1 is 1.03 bits per heavy atom. The van der Waals surface area contributed by atoms with E-state index in [1.807, 2.05) is 31.2 Å². The Hall–Kier alpha value is -3.58. The monoisotopic (exact) mass is 437 g/mol. The fraction of sp³-hybridized carbons (Fsp3) is 0.174. The minimum atomic E-state index is -0.374. The number of anilines is 1. The highest BCUT2D eigenvalue weighted by Crippen LogP contribution is 2.36. The average Bonchev–Trinajstić information content (AvgIpc) is 3.15. The highest BCUT2D eigenvalue weighted by Gasteiger charge is 2.21. The van der Waals surface area contributed by atoms with Crippen LogP contribution in [0.5, 0.6) is 11.5 Å². The maximum Gasteiger partial charge on any atom is 0.259 e. The molecule has 2 aromatic heterocycles. The third-order valence-corrected chi connectivity index (χ3v) is 5.24. The normalized spacial score (nSPS) is 10.9. The molecule has 0 bridgehead atoms. The number of methoxy groups -OCH3 is 2. The molecule has 2 aromatic carbocycles. The third kappa shape index (κ3) is 3.92. The van der Waals surface area contributed by atoms with Crippen LogP contribution >= 0.6 is 11.6 Å². The fourth-order valence-electron chi connectivity index (χ4n) is 3.29. The van der Waals surface area contributed by atoms with E-state index in [2.05, 4.69) is 15.5 Å². The minimum Gasteiger partial charge on any atom is -0.493 e. The van der Waals surface area contributed by atoms with Gasteiger partial charge in [-0.15, -0.1) is 0 Å². The molecule has 4 rings (SSSR count). The van der Waals surface area contributed by atoms with Crippen molar-refractivity contribution in [1.29, 1.82) is 0 Å². The van der Waals surface area contributed by atoms with E-state index >= 15 is 0 Å². The predicted molar refractivity (Wildman–Crippen MR) is 119 cm³/mol. The smallest absolute Gasteiger partial charge is 0.259 e. The van der Waals surface area contributed by atoms with Crippen molar-refractivity contribution in [3.63, 3.8) is 0 Å². The molecule has 0 atom stereocenters. The lowest BCUT2D eigenvalue weighted by Gasteiger charge is -2.13. The number of aryl methyl sites for hydroxylation is 2. The molecule has 0 aliphatic rings. The summed E-state index contributed by atoms with van der Waals surface area (Å²) in [6, 6.07) is 12.8. The van der Waals surface area contributed by atoms with E-state index in [1.54, 1.807) is 25.1 Å². The average molecular weight is 438 g/mol. The molecule has 0 saturated carbocycles. The van der Waals surface area contributed by atoms with Crippen molar-refractivity contribution in [1.82, 2.24) is 10.1 Å². The van der Waals surface area contributed by atoms with Crippen molar-refractivity contribution in [3.05, 3.63) is 64.3 Å². The third-order valence-electron chi connectivity index (χ3n) is 4.93. The Labute approximate surface area is 183 Å². The van der Waals surface area contributed by atoms with Crippen molar-refractivity contribution in [2.75, 3.05) is 19.5 Å². The summed E-state index contributed by atoms with van der Waals surface area (Å²) in [4.78, 5) is 17.8. The van der Waals surface area contributed by atoms with Gasteiger partial charge in [0.2, 0.25) is 0 Å². The fourth-order valence-corrected chi connectivity index (χ4v) is 3.49. The van der Waals surface area contributed by atoms with E-state index < -0.39 is 0 Å². The van der Waals surface area contributed by atoms with Gasteiger partial charge in [0.05, 0.1) is 47.3 Å². The van der Waals surface area contributed by atoms with Crippen LogP contribution in [0.4, 0.5) is 5.69 Å². The van der Waals surface area contributed by atoms with Crippen LogP contribution in [-0.4, -0.2) is 30.3 Å². The molecule has 7 nitrogen and oxygen atoms in total. The summed E-state index contributed by atoms with van der Waals surface area (Å²) in [7, 11) is 3.03. The molecule has 0 unspecified atom stereocenters. The number of nitrogens with zero attached hydrogens (tertiary/aromatic N) is 2. The van der Waals surface area contributed by atoms with Crippen molar-refractivity contribution < 1.29 is 18.8 Å². The largest absolute Gasteiger partial charge is 0.493 e. The number of ether oxygens (including phenoxy) is 2. The number of carbonyl (C=O) groups is 1. The summed E-state index contributed by atoms with van der Waals surface area (Å²) >= 11 is 6.35. The predicted octanol–water partition coefficient (Wildman–Crippen LogP) is 5.43. The number of halogens is 1. The lowest BCUT2D eigenvalue weighted by Crippen LogP contribution is -2.13. The number of hydrogen-bond donors (Lipinski definition) is 1. The van der Waals surface area contributed by atoms with Crippen molar-refractivity contribution in [3.8, 4) is 22.8 Å². The molecule has 0 spiro atoms. The molecule has 0 fully saturated rings. The zero-order valence-electron chi connectivity index (χ0n) is 17.4. The first-order chi connectivity index (χ1) is 14.9. The minimum absolute atomic E-state index is 0.291. The van der Waals surface area contributed by atoms with Crippen LogP contribution in [0.25, 0.3) is 22.4 Å². The molecule has 0 aliphatic heterocycles. The number of benzene rings is 2. The van der Waals surface area contributed by atoms with Gasteiger partial charge in [-0.2, -0.15) is 0 Å². The Balaban J connectivity index is 1.79. The summed E-state index contributed by atoms with van der Waals surface area (Å²) in [5, 5.41) is 7.69. The van der Waals surface area contributed by atoms with E-state index in [0.29, 0.717) is 50.3 Å². The lowest BCUT2D eigenvalue weighted by molar-refractivity contribution is 0.102. The van der Waals surface area contributed by atoms with Gasteiger partial charge in [0.1, 0.15) is 0 Å². The molecule has 1 amide bonds. The number of fused-ring (bicyclic) bond motifs is 1. The van der Waals surface area contributed by atoms with Gasteiger partial charge in [-0.05, 0) is 19.9 Å². The van der Waals surface area contributed by atoms with Crippen LogP contribution in [-0.2, 0) is 0 Å². The van der Waals surface area contributed by atoms with Gasteiger partial charge >= 0.3 is 0 Å². The Morgan fingerprint density at radius 2 is 1.71 bits per heavy atom. The first kappa shape index (κ1) is 20.7. The summed E-state index contributed by atoms with van der Waals surface area (Å²) in [5.41, 5.74) is 4.22. The Kier molecular flexibility index (Phi) is 5.52. The van der Waals surface area contributed by atoms with Crippen LogP contribution in [0.1, 0.15) is 21.6 Å². The van der Waals surface area contributed by atoms with Gasteiger partial charge in [0.25, 0.3) is 11.6 Å². The number of pyridine rings is 1. The molecule has 2 heterocycles. The second kappa shape index (κ2) is 8.28. The molecule has 8 heteroatoms. The number of carbonyl (C=O) groups excluding carboxylic acids is 1. The van der Waals surface area contributed by atoms with Crippen LogP contribution in [0.15, 0.2) is 47.0 Å². The molecule has 0 saturated heterocycles. The highest BCUT2D eigenvalue weighted by atomic mass is 35.5. The SMILES string of the molecule is COc1cc(Cl)c(NC(=O)c2cc(-c3ccc(C)cc3)nc3onc(C)c23)cc1OC. The molecule has 0 aliphatic carbocycles. The number of rotatable bonds is 5. The second-order valence-electron chi connectivity index (χ2n) is 7.01. The van der Waals surface area contributed by atoms with E-state index in [1.165, 1.54) is 14.2 Å². The maximum atomic E-state index is 13.3. The zero-order chi connectivity index (χ0) is 22.1. The van der Waals surface area contributed by atoms with Gasteiger partial charge in [-0.25, -0.2) is 4.98 Å². The molecule has 31 heavy (non-hydrogen) atoms. The van der Waals surface area contributed by atoms with Crippen LogP contribution in [0.2, 0.25) is 5.02 Å². The molecule has 1 N–H and O–H groups in total. The van der Waals surface area contributed by atoms with Crippen molar-refractivity contribution in [2.24, 2.45) is 0 Å². The van der Waals surface area contributed by atoms with Gasteiger partial charge < -0.3 is 19.3 Å². The van der Waals surface area contributed by atoms with Gasteiger partial charge in [-0.1, -0.05) is 46.6 Å². The van der Waals surface area contributed by atoms with E-state index in [0.717, 1.165) is 11.1 Å². The summed E-state index contributed by atoms with van der Waals surface area (Å²) in [5.74, 6) is 0.540. The van der Waals surface area contributed by atoms with Gasteiger partial charge in [-0.3, -0.25) is 4.79 Å². The quantitative estimate of drug-likeness (QED) is 0.448. The van der Waals surface area contributed by atoms with Crippen LogP contribution in [0, 0.1) is 13.8 Å². The number of amides is 1. The summed E-state index contributed by atoms with van der Waals surface area (Å²) in [6.07, 6.45) is 0.